The fraction of sp³-hybridized carbons (Fsp3) is 0.625. The third kappa shape index (κ3) is 5.91. The Labute approximate surface area is 175 Å². The molecule has 0 aliphatic rings. The second-order valence-electron chi connectivity index (χ2n) is 9.33. The maximum Gasteiger partial charge on any atom is 0.142 e. The quantitative estimate of drug-likeness (QED) is 0.526. The highest BCUT2D eigenvalue weighted by atomic mass is 16.1. The van der Waals surface area contributed by atoms with Gasteiger partial charge in [-0.1, -0.05) is 27.7 Å². The second kappa shape index (κ2) is 9.55. The molecule has 160 valence electrons. The van der Waals surface area contributed by atoms with Crippen LogP contribution >= 0.6 is 0 Å². The molecule has 0 spiro atoms. The zero-order chi connectivity index (χ0) is 21.8. The Balaban J connectivity index is 1.95. The Bertz CT molecular complexity index is 829. The Morgan fingerprint density at radius 3 is 2.41 bits per heavy atom. The van der Waals surface area contributed by atoms with Crippen molar-refractivity contribution in [3.05, 3.63) is 42.0 Å². The Kier molecular flexibility index (Phi) is 7.61. The summed E-state index contributed by atoms with van der Waals surface area (Å²) in [7, 11) is 0. The number of hydrogen-bond donors (Lipinski definition) is 0. The first kappa shape index (κ1) is 23.1. The van der Waals surface area contributed by atoms with E-state index in [2.05, 4.69) is 23.5 Å². The van der Waals surface area contributed by atoms with Crippen LogP contribution in [0.3, 0.4) is 0 Å². The standard InChI is InChI=1S/C24H37N3O2/c1-17(2)22(28)15-24(6,7)26-14-11-21(16-26)20(5)23(29)18(3)9-8-13-27-19(4)10-12-25-27/h10-12,14,16-18,20H,8-9,13,15H2,1-7H3. The fourth-order valence-electron chi connectivity index (χ4n) is 3.68. The molecule has 0 saturated heterocycles. The van der Waals surface area contributed by atoms with Crippen LogP contribution in [-0.2, 0) is 21.7 Å². The molecule has 0 aliphatic heterocycles. The SMILES string of the molecule is Cc1ccnn1CCCC(C)C(=O)C(C)c1ccn(C(C)(C)CC(=O)C(C)C)c1. The van der Waals surface area contributed by atoms with Crippen LogP contribution < -0.4 is 0 Å². The van der Waals surface area contributed by atoms with Gasteiger partial charge in [0.1, 0.15) is 11.6 Å². The topological polar surface area (TPSA) is 56.9 Å². The first-order valence-corrected chi connectivity index (χ1v) is 10.8. The molecule has 2 rings (SSSR count). The van der Waals surface area contributed by atoms with Crippen LogP contribution in [0.4, 0.5) is 0 Å². The van der Waals surface area contributed by atoms with Crippen molar-refractivity contribution in [3.8, 4) is 0 Å². The average molecular weight is 400 g/mol. The van der Waals surface area contributed by atoms with Gasteiger partial charge in [-0.2, -0.15) is 5.10 Å². The van der Waals surface area contributed by atoms with Gasteiger partial charge < -0.3 is 4.57 Å². The molecule has 2 atom stereocenters. The lowest BCUT2D eigenvalue weighted by Gasteiger charge is -2.27. The molecule has 0 fully saturated rings. The lowest BCUT2D eigenvalue weighted by Crippen LogP contribution is -2.30. The average Bonchev–Trinajstić information content (AvgIpc) is 3.30. The van der Waals surface area contributed by atoms with Crippen molar-refractivity contribution in [2.24, 2.45) is 11.8 Å². The van der Waals surface area contributed by atoms with E-state index in [1.165, 1.54) is 0 Å². The molecule has 0 aliphatic carbocycles. The molecule has 29 heavy (non-hydrogen) atoms. The highest BCUT2D eigenvalue weighted by molar-refractivity contribution is 5.87. The molecule has 2 heterocycles. The molecule has 2 aromatic rings. The van der Waals surface area contributed by atoms with Crippen LogP contribution in [0, 0.1) is 18.8 Å². The van der Waals surface area contributed by atoms with E-state index in [1.54, 1.807) is 0 Å². The molecule has 0 radical (unpaired) electrons. The molecule has 5 heteroatoms. The van der Waals surface area contributed by atoms with Crippen LogP contribution in [-0.4, -0.2) is 25.9 Å². The first-order valence-electron chi connectivity index (χ1n) is 10.8. The van der Waals surface area contributed by atoms with E-state index in [1.807, 2.05) is 70.0 Å². The summed E-state index contributed by atoms with van der Waals surface area (Å²) in [6.07, 6.45) is 8.14. The van der Waals surface area contributed by atoms with Crippen molar-refractivity contribution in [2.75, 3.05) is 0 Å². The lowest BCUT2D eigenvalue weighted by molar-refractivity contribution is -0.124. The van der Waals surface area contributed by atoms with Gasteiger partial charge in [-0.05, 0) is 51.3 Å². The van der Waals surface area contributed by atoms with Gasteiger partial charge in [0, 0.05) is 60.5 Å². The monoisotopic (exact) mass is 399 g/mol. The lowest BCUT2D eigenvalue weighted by atomic mass is 9.88. The highest BCUT2D eigenvalue weighted by Gasteiger charge is 2.27. The molecule has 0 aromatic carbocycles. The summed E-state index contributed by atoms with van der Waals surface area (Å²) in [5, 5.41) is 4.30. The maximum absolute atomic E-state index is 12.9. The van der Waals surface area contributed by atoms with Crippen molar-refractivity contribution in [2.45, 2.75) is 85.7 Å². The molecule has 2 aromatic heterocycles. The van der Waals surface area contributed by atoms with E-state index >= 15 is 0 Å². The van der Waals surface area contributed by atoms with Crippen LogP contribution in [0.5, 0.6) is 0 Å². The normalized spacial score (nSPS) is 14.2. The molecule has 2 unspecified atom stereocenters. The summed E-state index contributed by atoms with van der Waals surface area (Å²) in [6.45, 7) is 14.9. The molecular weight excluding hydrogens is 362 g/mol. The van der Waals surface area contributed by atoms with Gasteiger partial charge in [-0.15, -0.1) is 0 Å². The summed E-state index contributed by atoms with van der Waals surface area (Å²) in [6, 6.07) is 4.02. The number of carbonyl (C=O) groups is 2. The van der Waals surface area contributed by atoms with E-state index in [-0.39, 0.29) is 34.9 Å². The van der Waals surface area contributed by atoms with Gasteiger partial charge in [0.05, 0.1) is 0 Å². The van der Waals surface area contributed by atoms with Gasteiger partial charge in [-0.3, -0.25) is 14.3 Å². The molecule has 0 amide bonds. The van der Waals surface area contributed by atoms with Gasteiger partial charge in [0.15, 0.2) is 0 Å². The summed E-state index contributed by atoms with van der Waals surface area (Å²) in [5.74, 6) is 0.441. The first-order chi connectivity index (χ1) is 13.5. The van der Waals surface area contributed by atoms with Crippen LogP contribution in [0.1, 0.15) is 78.0 Å². The number of ketones is 2. The minimum Gasteiger partial charge on any atom is -0.348 e. The Hall–Kier alpha value is -2.17. The van der Waals surface area contributed by atoms with Crippen molar-refractivity contribution in [1.29, 1.82) is 0 Å². The zero-order valence-electron chi connectivity index (χ0n) is 19.1. The minimum absolute atomic E-state index is 0.0137. The van der Waals surface area contributed by atoms with Crippen LogP contribution in [0.25, 0.3) is 0 Å². The van der Waals surface area contributed by atoms with E-state index < -0.39 is 0 Å². The number of hydrogen-bond acceptors (Lipinski definition) is 3. The van der Waals surface area contributed by atoms with E-state index in [0.29, 0.717) is 6.42 Å². The van der Waals surface area contributed by atoms with Gasteiger partial charge >= 0.3 is 0 Å². The predicted molar refractivity (Wildman–Crippen MR) is 117 cm³/mol. The van der Waals surface area contributed by atoms with Crippen molar-refractivity contribution >= 4 is 11.6 Å². The highest BCUT2D eigenvalue weighted by Crippen LogP contribution is 2.28. The van der Waals surface area contributed by atoms with Crippen LogP contribution in [0.15, 0.2) is 30.7 Å². The van der Waals surface area contributed by atoms with Crippen molar-refractivity contribution in [1.82, 2.24) is 14.3 Å². The summed E-state index contributed by atoms with van der Waals surface area (Å²) in [4.78, 5) is 25.1. The minimum atomic E-state index is -0.296. The third-order valence-electron chi connectivity index (χ3n) is 6.01. The third-order valence-corrected chi connectivity index (χ3v) is 6.01. The van der Waals surface area contributed by atoms with E-state index in [9.17, 15) is 9.59 Å². The molecular formula is C24H37N3O2. The summed E-state index contributed by atoms with van der Waals surface area (Å²) >= 11 is 0. The molecule has 0 bridgehead atoms. The number of aryl methyl sites for hydroxylation is 2. The largest absolute Gasteiger partial charge is 0.348 e. The summed E-state index contributed by atoms with van der Waals surface area (Å²) in [5.41, 5.74) is 1.88. The molecule has 5 nitrogen and oxygen atoms in total. The van der Waals surface area contributed by atoms with E-state index in [0.717, 1.165) is 30.6 Å². The maximum atomic E-state index is 12.9. The smallest absolute Gasteiger partial charge is 0.142 e. The number of carbonyl (C=O) groups excluding carboxylic acids is 2. The predicted octanol–water partition coefficient (Wildman–Crippen LogP) is 5.13. The number of nitrogens with zero attached hydrogens (tertiary/aromatic N) is 3. The van der Waals surface area contributed by atoms with Crippen molar-refractivity contribution < 1.29 is 9.59 Å². The fourth-order valence-corrected chi connectivity index (χ4v) is 3.68. The Morgan fingerprint density at radius 2 is 1.83 bits per heavy atom. The summed E-state index contributed by atoms with van der Waals surface area (Å²) < 4.78 is 4.07. The van der Waals surface area contributed by atoms with Crippen molar-refractivity contribution in [3.63, 3.8) is 0 Å². The molecule has 0 N–H and O–H groups in total. The Morgan fingerprint density at radius 1 is 1.14 bits per heavy atom. The molecule has 0 saturated carbocycles. The second-order valence-corrected chi connectivity index (χ2v) is 9.33. The zero-order valence-corrected chi connectivity index (χ0v) is 19.1. The van der Waals surface area contributed by atoms with Gasteiger partial charge in [-0.25, -0.2) is 0 Å². The van der Waals surface area contributed by atoms with Crippen LogP contribution in [0.2, 0.25) is 0 Å². The van der Waals surface area contributed by atoms with E-state index in [4.69, 9.17) is 0 Å². The number of aromatic nitrogens is 3. The number of rotatable bonds is 11. The van der Waals surface area contributed by atoms with Gasteiger partial charge in [0.25, 0.3) is 0 Å². The van der Waals surface area contributed by atoms with Gasteiger partial charge in [0.2, 0.25) is 0 Å². The number of Topliss-reactive ketones (excluding diaryl/α,β-unsaturated/α-hetero) is 2.